The SMILES string of the molecule is CN(C)C(=O)N1CCC(C(=O)Nc2nnc(Cc3ccc(Cl)cc3)s2)CC1. The standard InChI is InChI=1S/C18H22ClN5O2S/c1-23(2)18(26)24-9-7-13(8-10-24)16(25)20-17-22-21-15(27-17)11-12-3-5-14(19)6-4-12/h3-6,13H,7-11H2,1-2H3,(H,20,22,25). The molecule has 0 radical (unpaired) electrons. The molecule has 0 bridgehead atoms. The molecule has 3 rings (SSSR count). The van der Waals surface area contributed by atoms with Gasteiger partial charge in [0, 0.05) is 44.5 Å². The predicted molar refractivity (Wildman–Crippen MR) is 106 cm³/mol. The predicted octanol–water partition coefficient (Wildman–Crippen LogP) is 3.11. The van der Waals surface area contributed by atoms with Crippen molar-refractivity contribution in [1.82, 2.24) is 20.0 Å². The fraction of sp³-hybridized carbons (Fsp3) is 0.444. The van der Waals surface area contributed by atoms with Gasteiger partial charge in [-0.25, -0.2) is 4.79 Å². The van der Waals surface area contributed by atoms with Crippen LogP contribution in [0.3, 0.4) is 0 Å². The van der Waals surface area contributed by atoms with Crippen LogP contribution < -0.4 is 5.32 Å². The molecule has 3 amide bonds. The van der Waals surface area contributed by atoms with Gasteiger partial charge in [-0.05, 0) is 30.5 Å². The molecular weight excluding hydrogens is 386 g/mol. The van der Waals surface area contributed by atoms with Gasteiger partial charge in [0.05, 0.1) is 0 Å². The van der Waals surface area contributed by atoms with Crippen molar-refractivity contribution >= 4 is 40.0 Å². The molecule has 2 aromatic rings. The van der Waals surface area contributed by atoms with Crippen molar-refractivity contribution in [2.24, 2.45) is 5.92 Å². The summed E-state index contributed by atoms with van der Waals surface area (Å²) in [6.07, 6.45) is 1.96. The van der Waals surface area contributed by atoms with Crippen LogP contribution in [0.15, 0.2) is 24.3 Å². The van der Waals surface area contributed by atoms with E-state index in [1.165, 1.54) is 11.3 Å². The van der Waals surface area contributed by atoms with E-state index in [-0.39, 0.29) is 17.9 Å². The number of benzene rings is 1. The van der Waals surface area contributed by atoms with Gasteiger partial charge in [0.2, 0.25) is 11.0 Å². The lowest BCUT2D eigenvalue weighted by molar-refractivity contribution is -0.121. The molecule has 1 aromatic heterocycles. The van der Waals surface area contributed by atoms with E-state index in [1.54, 1.807) is 23.9 Å². The summed E-state index contributed by atoms with van der Waals surface area (Å²) in [6.45, 7) is 1.18. The van der Waals surface area contributed by atoms with Gasteiger partial charge < -0.3 is 15.1 Å². The highest BCUT2D eigenvalue weighted by Gasteiger charge is 2.28. The van der Waals surface area contributed by atoms with Gasteiger partial charge in [0.25, 0.3) is 0 Å². The average Bonchev–Trinajstić information content (AvgIpc) is 3.09. The first-order valence-corrected chi connectivity index (χ1v) is 9.95. The summed E-state index contributed by atoms with van der Waals surface area (Å²) in [4.78, 5) is 27.8. The van der Waals surface area contributed by atoms with Gasteiger partial charge in [-0.3, -0.25) is 4.79 Å². The van der Waals surface area contributed by atoms with Crippen molar-refractivity contribution in [3.63, 3.8) is 0 Å². The molecule has 0 aliphatic carbocycles. The number of urea groups is 1. The number of rotatable bonds is 4. The lowest BCUT2D eigenvalue weighted by atomic mass is 9.96. The maximum absolute atomic E-state index is 12.5. The van der Waals surface area contributed by atoms with Crippen molar-refractivity contribution in [3.05, 3.63) is 39.9 Å². The molecule has 1 aromatic carbocycles. The second-order valence-corrected chi connectivity index (χ2v) is 8.23. The molecular formula is C18H22ClN5O2S. The van der Waals surface area contributed by atoms with Crippen molar-refractivity contribution < 1.29 is 9.59 Å². The van der Waals surface area contributed by atoms with Crippen LogP contribution in [-0.2, 0) is 11.2 Å². The normalized spacial score (nSPS) is 14.9. The third-order valence-corrected chi connectivity index (χ3v) is 5.58. The molecule has 1 saturated heterocycles. The van der Waals surface area contributed by atoms with Crippen molar-refractivity contribution in [2.75, 3.05) is 32.5 Å². The number of hydrogen-bond acceptors (Lipinski definition) is 5. The number of likely N-dealkylation sites (tertiary alicyclic amines) is 1. The number of amides is 3. The van der Waals surface area contributed by atoms with Crippen LogP contribution >= 0.6 is 22.9 Å². The van der Waals surface area contributed by atoms with Crippen LogP contribution in [0, 0.1) is 5.92 Å². The molecule has 144 valence electrons. The van der Waals surface area contributed by atoms with E-state index >= 15 is 0 Å². The minimum absolute atomic E-state index is 0.00942. The second kappa shape index (κ2) is 8.67. The number of piperidine rings is 1. The lowest BCUT2D eigenvalue weighted by Gasteiger charge is -2.32. The van der Waals surface area contributed by atoms with E-state index in [1.807, 2.05) is 24.3 Å². The van der Waals surface area contributed by atoms with Gasteiger partial charge in [0.15, 0.2) is 0 Å². The average molecular weight is 408 g/mol. The van der Waals surface area contributed by atoms with Crippen LogP contribution in [-0.4, -0.2) is 59.1 Å². The van der Waals surface area contributed by atoms with Crippen molar-refractivity contribution in [2.45, 2.75) is 19.3 Å². The summed E-state index contributed by atoms with van der Waals surface area (Å²) in [7, 11) is 3.47. The first-order valence-electron chi connectivity index (χ1n) is 8.76. The summed E-state index contributed by atoms with van der Waals surface area (Å²) in [5.74, 6) is -0.166. The zero-order valence-electron chi connectivity index (χ0n) is 15.3. The molecule has 2 heterocycles. The number of halogens is 1. The maximum Gasteiger partial charge on any atom is 0.319 e. The molecule has 1 fully saturated rings. The highest BCUT2D eigenvalue weighted by atomic mass is 35.5. The first kappa shape index (κ1) is 19.6. The third kappa shape index (κ3) is 5.17. The number of carbonyl (C=O) groups is 2. The smallest absolute Gasteiger partial charge is 0.319 e. The number of carbonyl (C=O) groups excluding carboxylic acids is 2. The number of hydrogen-bond donors (Lipinski definition) is 1. The van der Waals surface area contributed by atoms with Crippen LogP contribution in [0.4, 0.5) is 9.93 Å². The molecule has 0 spiro atoms. The Morgan fingerprint density at radius 3 is 2.52 bits per heavy atom. The minimum Gasteiger partial charge on any atom is -0.331 e. The highest BCUT2D eigenvalue weighted by molar-refractivity contribution is 7.15. The Kier molecular flexibility index (Phi) is 6.28. The molecule has 7 nitrogen and oxygen atoms in total. The quantitative estimate of drug-likeness (QED) is 0.844. The Morgan fingerprint density at radius 1 is 1.22 bits per heavy atom. The van der Waals surface area contributed by atoms with E-state index < -0.39 is 0 Å². The number of anilines is 1. The summed E-state index contributed by atoms with van der Waals surface area (Å²) in [5, 5.41) is 13.1. The lowest BCUT2D eigenvalue weighted by Crippen LogP contribution is -2.45. The van der Waals surface area contributed by atoms with Crippen LogP contribution in [0.25, 0.3) is 0 Å². The van der Waals surface area contributed by atoms with Gasteiger partial charge in [-0.2, -0.15) is 0 Å². The van der Waals surface area contributed by atoms with Crippen molar-refractivity contribution in [3.8, 4) is 0 Å². The van der Waals surface area contributed by atoms with Gasteiger partial charge in [0.1, 0.15) is 5.01 Å². The molecule has 27 heavy (non-hydrogen) atoms. The molecule has 0 atom stereocenters. The Hall–Kier alpha value is -2.19. The molecule has 1 aliphatic heterocycles. The summed E-state index contributed by atoms with van der Waals surface area (Å²) in [5.41, 5.74) is 1.09. The topological polar surface area (TPSA) is 78.4 Å². The van der Waals surface area contributed by atoms with Crippen LogP contribution in [0.1, 0.15) is 23.4 Å². The zero-order chi connectivity index (χ0) is 19.4. The van der Waals surface area contributed by atoms with Crippen LogP contribution in [0.2, 0.25) is 5.02 Å². The third-order valence-electron chi connectivity index (χ3n) is 4.48. The van der Waals surface area contributed by atoms with Crippen molar-refractivity contribution in [1.29, 1.82) is 0 Å². The van der Waals surface area contributed by atoms with E-state index in [9.17, 15) is 9.59 Å². The largest absolute Gasteiger partial charge is 0.331 e. The summed E-state index contributed by atoms with van der Waals surface area (Å²) in [6, 6.07) is 7.57. The Labute approximate surface area is 167 Å². The number of nitrogens with zero attached hydrogens (tertiary/aromatic N) is 4. The molecule has 0 saturated carbocycles. The monoisotopic (exact) mass is 407 g/mol. The van der Waals surface area contributed by atoms with E-state index in [2.05, 4.69) is 15.5 Å². The number of nitrogens with one attached hydrogen (secondary N) is 1. The Morgan fingerprint density at radius 2 is 1.89 bits per heavy atom. The molecule has 0 unspecified atom stereocenters. The minimum atomic E-state index is -0.111. The zero-order valence-corrected chi connectivity index (χ0v) is 16.9. The van der Waals surface area contributed by atoms with E-state index in [0.29, 0.717) is 42.5 Å². The summed E-state index contributed by atoms with van der Waals surface area (Å²) >= 11 is 7.27. The molecule has 9 heteroatoms. The Bertz CT molecular complexity index is 800. The maximum atomic E-state index is 12.5. The van der Waals surface area contributed by atoms with Gasteiger partial charge >= 0.3 is 6.03 Å². The molecule has 1 aliphatic rings. The fourth-order valence-electron chi connectivity index (χ4n) is 2.98. The van der Waals surface area contributed by atoms with E-state index in [0.717, 1.165) is 10.6 Å². The van der Waals surface area contributed by atoms with Gasteiger partial charge in [-0.15, -0.1) is 10.2 Å². The Balaban J connectivity index is 1.51. The second-order valence-electron chi connectivity index (χ2n) is 6.73. The molecule has 1 N–H and O–H groups in total. The van der Waals surface area contributed by atoms with Crippen LogP contribution in [0.5, 0.6) is 0 Å². The number of aromatic nitrogens is 2. The first-order chi connectivity index (χ1) is 12.9. The van der Waals surface area contributed by atoms with Gasteiger partial charge in [-0.1, -0.05) is 35.1 Å². The fourth-order valence-corrected chi connectivity index (χ4v) is 3.88. The highest BCUT2D eigenvalue weighted by Crippen LogP contribution is 2.23. The summed E-state index contributed by atoms with van der Waals surface area (Å²) < 4.78 is 0. The van der Waals surface area contributed by atoms with E-state index in [4.69, 9.17) is 11.6 Å².